The maximum absolute atomic E-state index is 12.6. The average Bonchev–Trinajstić information content (AvgIpc) is 3.32. The van der Waals surface area contributed by atoms with Crippen molar-refractivity contribution in [2.45, 2.75) is 18.4 Å². The molecule has 1 aliphatic rings. The maximum atomic E-state index is 12.6. The van der Waals surface area contributed by atoms with E-state index >= 15 is 0 Å². The molecule has 0 atom stereocenters. The van der Waals surface area contributed by atoms with E-state index < -0.39 is 0 Å². The largest absolute Gasteiger partial charge is 0.322 e. The van der Waals surface area contributed by atoms with Crippen LogP contribution in [0.2, 0.25) is 0 Å². The summed E-state index contributed by atoms with van der Waals surface area (Å²) in [5, 5.41) is 7.50. The van der Waals surface area contributed by atoms with Gasteiger partial charge in [0.15, 0.2) is 0 Å². The number of rotatable bonds is 4. The number of anilines is 1. The maximum Gasteiger partial charge on any atom is 0.255 e. The molecule has 0 aliphatic carbocycles. The molecule has 1 N–H and O–H groups in total. The zero-order chi connectivity index (χ0) is 18.8. The molecule has 1 amide bonds. The van der Waals surface area contributed by atoms with E-state index in [1.165, 1.54) is 17.1 Å². The van der Waals surface area contributed by atoms with Gasteiger partial charge in [-0.1, -0.05) is 12.1 Å². The molecule has 6 heteroatoms. The molecule has 0 spiro atoms. The molecule has 138 valence electrons. The van der Waals surface area contributed by atoms with E-state index in [-0.39, 0.29) is 5.91 Å². The van der Waals surface area contributed by atoms with Crippen molar-refractivity contribution >= 4 is 35.1 Å². The van der Waals surface area contributed by atoms with Crippen molar-refractivity contribution in [1.29, 1.82) is 0 Å². The molecule has 1 fully saturated rings. The van der Waals surface area contributed by atoms with Gasteiger partial charge < -0.3 is 5.32 Å². The molecule has 0 bridgehead atoms. The third-order valence-corrected chi connectivity index (χ3v) is 7.53. The minimum absolute atomic E-state index is 0.0983. The van der Waals surface area contributed by atoms with E-state index in [4.69, 9.17) is 0 Å². The van der Waals surface area contributed by atoms with Crippen molar-refractivity contribution in [3.8, 4) is 5.69 Å². The van der Waals surface area contributed by atoms with Gasteiger partial charge in [0.1, 0.15) is 0 Å². The summed E-state index contributed by atoms with van der Waals surface area (Å²) >= 11 is 3.93. The summed E-state index contributed by atoms with van der Waals surface area (Å²) in [6, 6.07) is 17.7. The van der Waals surface area contributed by atoms with Gasteiger partial charge in [-0.05, 0) is 61.9 Å². The minimum Gasteiger partial charge on any atom is -0.322 e. The molecule has 1 saturated heterocycles. The molecular weight excluding hydrogens is 374 g/mol. The van der Waals surface area contributed by atoms with E-state index in [0.29, 0.717) is 10.1 Å². The van der Waals surface area contributed by atoms with Crippen molar-refractivity contribution in [3.05, 3.63) is 77.1 Å². The zero-order valence-corrected chi connectivity index (χ0v) is 16.9. The predicted octanol–water partition coefficient (Wildman–Crippen LogP) is 5.22. The lowest BCUT2D eigenvalue weighted by atomic mass is 10.1. The highest BCUT2D eigenvalue weighted by Crippen LogP contribution is 2.45. The molecule has 27 heavy (non-hydrogen) atoms. The van der Waals surface area contributed by atoms with Gasteiger partial charge in [-0.25, -0.2) is 4.68 Å². The monoisotopic (exact) mass is 395 g/mol. The molecule has 3 aromatic rings. The van der Waals surface area contributed by atoms with Gasteiger partial charge in [0.25, 0.3) is 5.91 Å². The number of nitrogens with zero attached hydrogens (tertiary/aromatic N) is 2. The van der Waals surface area contributed by atoms with Crippen molar-refractivity contribution in [2.75, 3.05) is 16.8 Å². The van der Waals surface area contributed by atoms with Crippen LogP contribution in [0, 0.1) is 13.8 Å². The number of aromatic nitrogens is 2. The summed E-state index contributed by atoms with van der Waals surface area (Å²) in [7, 11) is 0. The van der Waals surface area contributed by atoms with Crippen molar-refractivity contribution in [2.24, 2.45) is 0 Å². The number of benzene rings is 2. The molecule has 0 saturated carbocycles. The van der Waals surface area contributed by atoms with E-state index in [1.807, 2.05) is 84.5 Å². The van der Waals surface area contributed by atoms with Gasteiger partial charge in [0.2, 0.25) is 0 Å². The summed E-state index contributed by atoms with van der Waals surface area (Å²) in [4.78, 5) is 12.6. The Bertz CT molecular complexity index is 960. The number of nitrogens with one attached hydrogen (secondary N) is 1. The molecule has 2 aromatic carbocycles. The Balaban J connectivity index is 1.48. The van der Waals surface area contributed by atoms with E-state index in [1.54, 1.807) is 0 Å². The van der Waals surface area contributed by atoms with Crippen LogP contribution in [0.4, 0.5) is 5.69 Å². The SMILES string of the molecule is Cc1cc(C)n(-c2ccc(C(=O)Nc3cccc(C4SCCS4)c3)cc2)n1. The van der Waals surface area contributed by atoms with Gasteiger partial charge in [-0.3, -0.25) is 4.79 Å². The summed E-state index contributed by atoms with van der Waals surface area (Å²) in [5.74, 6) is 2.28. The van der Waals surface area contributed by atoms with Crippen LogP contribution >= 0.6 is 23.5 Å². The first-order valence-electron chi connectivity index (χ1n) is 8.88. The zero-order valence-electron chi connectivity index (χ0n) is 15.3. The number of thioether (sulfide) groups is 2. The van der Waals surface area contributed by atoms with Crippen LogP contribution in [0.5, 0.6) is 0 Å². The summed E-state index contributed by atoms with van der Waals surface area (Å²) in [5.41, 5.74) is 5.75. The number of amides is 1. The Kier molecular flexibility index (Phi) is 5.27. The second-order valence-corrected chi connectivity index (χ2v) is 9.26. The number of hydrogen-bond acceptors (Lipinski definition) is 4. The van der Waals surface area contributed by atoms with Gasteiger partial charge in [0.05, 0.1) is 16.0 Å². The molecule has 4 rings (SSSR count). The van der Waals surface area contributed by atoms with Gasteiger partial charge in [-0.2, -0.15) is 5.10 Å². The number of aryl methyl sites for hydroxylation is 2. The smallest absolute Gasteiger partial charge is 0.255 e. The van der Waals surface area contributed by atoms with E-state index in [2.05, 4.69) is 22.5 Å². The lowest BCUT2D eigenvalue weighted by Gasteiger charge is -2.11. The normalized spacial score (nSPS) is 14.4. The lowest BCUT2D eigenvalue weighted by Crippen LogP contribution is -2.12. The fourth-order valence-corrected chi connectivity index (χ4v) is 6.00. The Morgan fingerprint density at radius 3 is 2.48 bits per heavy atom. The van der Waals surface area contributed by atoms with E-state index in [9.17, 15) is 4.79 Å². The van der Waals surface area contributed by atoms with Crippen LogP contribution in [-0.4, -0.2) is 27.2 Å². The second-order valence-electron chi connectivity index (χ2n) is 6.54. The first kappa shape index (κ1) is 18.2. The first-order valence-corrected chi connectivity index (χ1v) is 11.0. The van der Waals surface area contributed by atoms with Crippen LogP contribution in [0.1, 0.15) is 31.9 Å². The van der Waals surface area contributed by atoms with Crippen LogP contribution in [0.3, 0.4) is 0 Å². The minimum atomic E-state index is -0.0983. The van der Waals surface area contributed by atoms with E-state index in [0.717, 1.165) is 22.8 Å². The third-order valence-electron chi connectivity index (χ3n) is 4.42. The fraction of sp³-hybridized carbons (Fsp3) is 0.238. The third kappa shape index (κ3) is 4.06. The van der Waals surface area contributed by atoms with Crippen LogP contribution in [-0.2, 0) is 0 Å². The van der Waals surface area contributed by atoms with Gasteiger partial charge >= 0.3 is 0 Å². The Morgan fingerprint density at radius 1 is 1.07 bits per heavy atom. The summed E-state index contributed by atoms with van der Waals surface area (Å²) in [6.45, 7) is 4.00. The number of carbonyl (C=O) groups is 1. The lowest BCUT2D eigenvalue weighted by molar-refractivity contribution is 0.102. The molecule has 2 heterocycles. The van der Waals surface area contributed by atoms with Crippen molar-refractivity contribution in [3.63, 3.8) is 0 Å². The standard InChI is InChI=1S/C21H21N3OS2/c1-14-12-15(2)24(23-14)19-8-6-16(7-9-19)20(25)22-18-5-3-4-17(13-18)21-26-10-11-27-21/h3-9,12-13,21H,10-11H2,1-2H3,(H,22,25). The molecule has 0 unspecified atom stereocenters. The Labute approximate surface area is 167 Å². The van der Waals surface area contributed by atoms with Crippen LogP contribution in [0.25, 0.3) is 5.69 Å². The summed E-state index contributed by atoms with van der Waals surface area (Å²) in [6.07, 6.45) is 0. The highest BCUT2D eigenvalue weighted by Gasteiger charge is 2.18. The first-order chi connectivity index (χ1) is 13.1. The number of carbonyl (C=O) groups excluding carboxylic acids is 1. The molecule has 0 radical (unpaired) electrons. The van der Waals surface area contributed by atoms with Crippen LogP contribution in [0.15, 0.2) is 54.6 Å². The van der Waals surface area contributed by atoms with Crippen molar-refractivity contribution in [1.82, 2.24) is 9.78 Å². The Hall–Kier alpha value is -2.18. The van der Waals surface area contributed by atoms with Gasteiger partial charge in [-0.15, -0.1) is 23.5 Å². The Morgan fingerprint density at radius 2 is 1.81 bits per heavy atom. The summed E-state index contributed by atoms with van der Waals surface area (Å²) < 4.78 is 2.36. The second kappa shape index (κ2) is 7.82. The van der Waals surface area contributed by atoms with Gasteiger partial charge in [0, 0.05) is 28.5 Å². The highest BCUT2D eigenvalue weighted by molar-refractivity contribution is 8.19. The molecule has 1 aromatic heterocycles. The molecular formula is C21H21N3OS2. The number of hydrogen-bond donors (Lipinski definition) is 1. The van der Waals surface area contributed by atoms with Crippen LogP contribution < -0.4 is 5.32 Å². The quantitative estimate of drug-likeness (QED) is 0.658. The topological polar surface area (TPSA) is 46.9 Å². The average molecular weight is 396 g/mol. The molecule has 1 aliphatic heterocycles. The highest BCUT2D eigenvalue weighted by atomic mass is 32.2. The molecule has 4 nitrogen and oxygen atoms in total. The van der Waals surface area contributed by atoms with Crippen molar-refractivity contribution < 1.29 is 4.79 Å². The predicted molar refractivity (Wildman–Crippen MR) is 115 cm³/mol. The fourth-order valence-electron chi connectivity index (χ4n) is 3.16.